The highest BCUT2D eigenvalue weighted by atomic mass is 19.1. The van der Waals surface area contributed by atoms with E-state index in [1.165, 1.54) is 12.1 Å². The summed E-state index contributed by atoms with van der Waals surface area (Å²) in [6.45, 7) is 1.79. The van der Waals surface area contributed by atoms with Crippen molar-refractivity contribution in [1.82, 2.24) is 5.32 Å². The molecule has 5 heteroatoms. The highest BCUT2D eigenvalue weighted by Gasteiger charge is 2.51. The summed E-state index contributed by atoms with van der Waals surface area (Å²) in [6.07, 6.45) is 2.70. The minimum absolute atomic E-state index is 0.0121. The van der Waals surface area contributed by atoms with Gasteiger partial charge in [-0.3, -0.25) is 9.59 Å². The number of hydrogen-bond donors (Lipinski definition) is 2. The number of nitrogens with one attached hydrogen (secondary N) is 1. The van der Waals surface area contributed by atoms with E-state index in [1.807, 2.05) is 0 Å². The molecule has 2 bridgehead atoms. The normalized spacial score (nSPS) is 30.4. The molecule has 1 aromatic carbocycles. The van der Waals surface area contributed by atoms with Crippen LogP contribution in [0.1, 0.15) is 35.2 Å². The molecule has 0 spiro atoms. The summed E-state index contributed by atoms with van der Waals surface area (Å²) < 4.78 is 13.8. The van der Waals surface area contributed by atoms with Gasteiger partial charge in [0, 0.05) is 6.04 Å². The van der Waals surface area contributed by atoms with E-state index in [1.54, 1.807) is 13.0 Å². The molecule has 2 N–H and O–H groups in total. The molecule has 0 radical (unpaired) electrons. The monoisotopic (exact) mass is 291 g/mol. The Morgan fingerprint density at radius 1 is 1.29 bits per heavy atom. The number of hydrogen-bond acceptors (Lipinski definition) is 2. The van der Waals surface area contributed by atoms with Crippen LogP contribution in [-0.2, 0) is 4.79 Å². The van der Waals surface area contributed by atoms with Gasteiger partial charge in [0.05, 0.1) is 11.5 Å². The van der Waals surface area contributed by atoms with E-state index in [0.29, 0.717) is 0 Å². The van der Waals surface area contributed by atoms with Crippen molar-refractivity contribution in [2.75, 3.05) is 0 Å². The van der Waals surface area contributed by atoms with Crippen LogP contribution in [0.2, 0.25) is 0 Å². The summed E-state index contributed by atoms with van der Waals surface area (Å²) in [5, 5.41) is 12.1. The predicted molar refractivity (Wildman–Crippen MR) is 74.3 cm³/mol. The minimum atomic E-state index is -0.864. The highest BCUT2D eigenvalue weighted by molar-refractivity contribution is 5.95. The molecule has 2 fully saturated rings. The number of amides is 1. The van der Waals surface area contributed by atoms with Gasteiger partial charge < -0.3 is 10.4 Å². The van der Waals surface area contributed by atoms with Crippen LogP contribution in [0.5, 0.6) is 0 Å². The molecule has 1 amide bonds. The van der Waals surface area contributed by atoms with Crippen molar-refractivity contribution in [3.63, 3.8) is 0 Å². The third kappa shape index (κ3) is 2.41. The Balaban J connectivity index is 1.81. The third-order valence-corrected chi connectivity index (χ3v) is 4.87. The average molecular weight is 291 g/mol. The van der Waals surface area contributed by atoms with Crippen LogP contribution < -0.4 is 5.32 Å². The number of carboxylic acid groups (broad SMARTS) is 1. The maximum absolute atomic E-state index is 13.8. The number of fused-ring (bicyclic) bond motifs is 2. The largest absolute Gasteiger partial charge is 0.481 e. The number of halogens is 1. The van der Waals surface area contributed by atoms with Gasteiger partial charge in [-0.05, 0) is 50.2 Å². The molecule has 2 saturated carbocycles. The quantitative estimate of drug-likeness (QED) is 0.898. The van der Waals surface area contributed by atoms with Gasteiger partial charge in [0.1, 0.15) is 5.82 Å². The molecule has 1 aromatic rings. The van der Waals surface area contributed by atoms with Crippen molar-refractivity contribution in [1.29, 1.82) is 0 Å². The molecule has 0 aromatic heterocycles. The summed E-state index contributed by atoms with van der Waals surface area (Å²) in [5.41, 5.74) is 0.784. The Morgan fingerprint density at radius 3 is 2.71 bits per heavy atom. The Labute approximate surface area is 122 Å². The molecule has 0 heterocycles. The second-order valence-electron chi connectivity index (χ2n) is 6.18. The second-order valence-corrected chi connectivity index (χ2v) is 6.18. The Bertz CT molecular complexity index is 601. The lowest BCUT2D eigenvalue weighted by atomic mass is 9.84. The van der Waals surface area contributed by atoms with Crippen LogP contribution in [0.15, 0.2) is 18.2 Å². The zero-order valence-electron chi connectivity index (χ0n) is 11.8. The number of benzene rings is 1. The van der Waals surface area contributed by atoms with E-state index in [-0.39, 0.29) is 23.4 Å². The molecule has 3 rings (SSSR count). The van der Waals surface area contributed by atoms with Gasteiger partial charge >= 0.3 is 5.97 Å². The van der Waals surface area contributed by atoms with Gasteiger partial charge in [0.15, 0.2) is 0 Å². The Morgan fingerprint density at radius 2 is 2.00 bits per heavy atom. The van der Waals surface area contributed by atoms with Crippen LogP contribution in [0, 0.1) is 30.5 Å². The zero-order chi connectivity index (χ0) is 15.1. The highest BCUT2D eigenvalue weighted by Crippen LogP contribution is 2.48. The molecule has 2 aliphatic rings. The lowest BCUT2D eigenvalue weighted by Crippen LogP contribution is -2.47. The Kier molecular flexibility index (Phi) is 3.43. The van der Waals surface area contributed by atoms with E-state index in [4.69, 9.17) is 0 Å². The van der Waals surface area contributed by atoms with Crippen molar-refractivity contribution in [3.05, 3.63) is 35.1 Å². The maximum atomic E-state index is 13.8. The smallest absolute Gasteiger partial charge is 0.308 e. The number of aliphatic carboxylic acids is 1. The topological polar surface area (TPSA) is 66.4 Å². The van der Waals surface area contributed by atoms with Gasteiger partial charge in [-0.15, -0.1) is 0 Å². The fourth-order valence-electron chi connectivity index (χ4n) is 3.90. The first kappa shape index (κ1) is 14.0. The van der Waals surface area contributed by atoms with E-state index in [0.717, 1.165) is 24.8 Å². The summed E-state index contributed by atoms with van der Waals surface area (Å²) in [6, 6.07) is 3.98. The van der Waals surface area contributed by atoms with E-state index < -0.39 is 23.6 Å². The number of carboxylic acids is 1. The lowest BCUT2D eigenvalue weighted by molar-refractivity contribution is -0.144. The first-order chi connectivity index (χ1) is 9.97. The number of carbonyl (C=O) groups excluding carboxylic acids is 1. The lowest BCUT2D eigenvalue weighted by Gasteiger charge is -2.29. The van der Waals surface area contributed by atoms with Crippen LogP contribution in [0.4, 0.5) is 4.39 Å². The third-order valence-electron chi connectivity index (χ3n) is 4.87. The maximum Gasteiger partial charge on any atom is 0.308 e. The fraction of sp³-hybridized carbons (Fsp3) is 0.500. The molecule has 4 nitrogen and oxygen atoms in total. The molecule has 4 unspecified atom stereocenters. The van der Waals surface area contributed by atoms with Gasteiger partial charge in [-0.2, -0.15) is 0 Å². The number of rotatable bonds is 3. The van der Waals surface area contributed by atoms with Crippen molar-refractivity contribution >= 4 is 11.9 Å². The van der Waals surface area contributed by atoms with Crippen molar-refractivity contribution in [3.8, 4) is 0 Å². The van der Waals surface area contributed by atoms with Crippen LogP contribution >= 0.6 is 0 Å². The second kappa shape index (κ2) is 5.13. The molecular weight excluding hydrogens is 273 g/mol. The fourth-order valence-corrected chi connectivity index (χ4v) is 3.90. The van der Waals surface area contributed by atoms with Crippen LogP contribution in [0.3, 0.4) is 0 Å². The van der Waals surface area contributed by atoms with Gasteiger partial charge in [0.2, 0.25) is 0 Å². The van der Waals surface area contributed by atoms with E-state index in [2.05, 4.69) is 5.32 Å². The average Bonchev–Trinajstić information content (AvgIpc) is 3.02. The molecular formula is C16H18FNO3. The van der Waals surface area contributed by atoms with Crippen molar-refractivity contribution in [2.24, 2.45) is 17.8 Å². The number of carbonyl (C=O) groups is 2. The molecule has 0 aliphatic heterocycles. The van der Waals surface area contributed by atoms with Gasteiger partial charge in [-0.1, -0.05) is 11.6 Å². The predicted octanol–water partition coefficient (Wildman–Crippen LogP) is 2.36. The minimum Gasteiger partial charge on any atom is -0.481 e. The Hall–Kier alpha value is -1.91. The zero-order valence-corrected chi connectivity index (χ0v) is 11.8. The summed E-state index contributed by atoms with van der Waals surface area (Å²) >= 11 is 0. The molecule has 4 atom stereocenters. The van der Waals surface area contributed by atoms with Crippen LogP contribution in [0.25, 0.3) is 0 Å². The van der Waals surface area contributed by atoms with Crippen molar-refractivity contribution < 1.29 is 19.1 Å². The number of aryl methyl sites for hydroxylation is 1. The van der Waals surface area contributed by atoms with Crippen LogP contribution in [-0.4, -0.2) is 23.0 Å². The first-order valence-electron chi connectivity index (χ1n) is 7.27. The summed E-state index contributed by atoms with van der Waals surface area (Å²) in [5.74, 6) is -2.15. The molecule has 112 valence electrons. The van der Waals surface area contributed by atoms with Gasteiger partial charge in [0.25, 0.3) is 5.91 Å². The standard InChI is InChI=1S/C16H18FNO3/c1-8-2-5-12(17)11(6-8)15(19)18-14-10-4-3-9(7-10)13(14)16(20)21/h2,5-6,9-10,13-14H,3-4,7H2,1H3,(H,18,19)(H,20,21). The van der Waals surface area contributed by atoms with Gasteiger partial charge in [-0.25, -0.2) is 4.39 Å². The summed E-state index contributed by atoms with van der Waals surface area (Å²) in [7, 11) is 0. The first-order valence-corrected chi connectivity index (χ1v) is 7.27. The molecule has 0 saturated heterocycles. The molecule has 21 heavy (non-hydrogen) atoms. The summed E-state index contributed by atoms with van der Waals surface area (Å²) in [4.78, 5) is 23.7. The SMILES string of the molecule is Cc1ccc(F)c(C(=O)NC2C3CCC(C3)C2C(=O)O)c1. The van der Waals surface area contributed by atoms with E-state index in [9.17, 15) is 19.1 Å². The van der Waals surface area contributed by atoms with Crippen molar-refractivity contribution in [2.45, 2.75) is 32.2 Å². The van der Waals surface area contributed by atoms with E-state index >= 15 is 0 Å². The molecule has 2 aliphatic carbocycles.